The Labute approximate surface area is 94.7 Å². The standard InChI is InChI=1S/C9H10BrN3S/c10-8-2-4-14-9(8)6-13-7(5-11)1-3-12-13/h1-4H,5-6,11H2. The van der Waals surface area contributed by atoms with Crippen LogP contribution in [-0.2, 0) is 13.1 Å². The maximum atomic E-state index is 5.59. The van der Waals surface area contributed by atoms with Crippen LogP contribution in [0.25, 0.3) is 0 Å². The SMILES string of the molecule is NCc1ccnn1Cc1sccc1Br. The fourth-order valence-corrected chi connectivity index (χ4v) is 2.71. The van der Waals surface area contributed by atoms with Crippen molar-refractivity contribution in [3.05, 3.63) is 38.8 Å². The van der Waals surface area contributed by atoms with Gasteiger partial charge in [0.05, 0.1) is 12.2 Å². The normalized spacial score (nSPS) is 10.7. The van der Waals surface area contributed by atoms with E-state index in [0.717, 1.165) is 16.7 Å². The molecule has 0 aliphatic heterocycles. The fourth-order valence-electron chi connectivity index (χ4n) is 1.25. The first-order valence-corrected chi connectivity index (χ1v) is 5.91. The first kappa shape index (κ1) is 9.89. The topological polar surface area (TPSA) is 43.8 Å². The molecule has 0 aromatic carbocycles. The Hall–Kier alpha value is -0.650. The van der Waals surface area contributed by atoms with Crippen molar-refractivity contribution in [1.29, 1.82) is 0 Å². The maximum absolute atomic E-state index is 5.59. The Bertz CT molecular complexity index is 421. The van der Waals surface area contributed by atoms with Crippen LogP contribution in [0.4, 0.5) is 0 Å². The molecular weight excluding hydrogens is 262 g/mol. The highest BCUT2D eigenvalue weighted by Crippen LogP contribution is 2.23. The second-order valence-electron chi connectivity index (χ2n) is 2.88. The highest BCUT2D eigenvalue weighted by atomic mass is 79.9. The van der Waals surface area contributed by atoms with Crippen LogP contribution < -0.4 is 5.73 Å². The van der Waals surface area contributed by atoms with E-state index in [1.54, 1.807) is 17.5 Å². The summed E-state index contributed by atoms with van der Waals surface area (Å²) in [7, 11) is 0. The number of hydrogen-bond acceptors (Lipinski definition) is 3. The fraction of sp³-hybridized carbons (Fsp3) is 0.222. The van der Waals surface area contributed by atoms with Gasteiger partial charge in [-0.25, -0.2) is 0 Å². The molecule has 0 saturated heterocycles. The molecule has 0 amide bonds. The Kier molecular flexibility index (Phi) is 3.00. The van der Waals surface area contributed by atoms with E-state index < -0.39 is 0 Å². The van der Waals surface area contributed by atoms with E-state index in [0.29, 0.717) is 6.54 Å². The predicted molar refractivity (Wildman–Crippen MR) is 61.2 cm³/mol. The van der Waals surface area contributed by atoms with Crippen LogP contribution in [0.1, 0.15) is 10.6 Å². The van der Waals surface area contributed by atoms with E-state index in [4.69, 9.17) is 5.73 Å². The molecule has 2 N–H and O–H groups in total. The summed E-state index contributed by atoms with van der Waals surface area (Å²) in [5.74, 6) is 0. The van der Waals surface area contributed by atoms with Crippen molar-refractivity contribution in [2.45, 2.75) is 13.1 Å². The number of halogens is 1. The van der Waals surface area contributed by atoms with Gasteiger partial charge in [0.25, 0.3) is 0 Å². The number of nitrogens with two attached hydrogens (primary N) is 1. The molecule has 0 unspecified atom stereocenters. The van der Waals surface area contributed by atoms with Gasteiger partial charge < -0.3 is 5.73 Å². The van der Waals surface area contributed by atoms with Crippen LogP contribution in [0.5, 0.6) is 0 Å². The Morgan fingerprint density at radius 2 is 2.36 bits per heavy atom. The van der Waals surface area contributed by atoms with Gasteiger partial charge in [-0.1, -0.05) is 0 Å². The summed E-state index contributed by atoms with van der Waals surface area (Å²) >= 11 is 5.22. The van der Waals surface area contributed by atoms with E-state index in [2.05, 4.69) is 26.4 Å². The average Bonchev–Trinajstić information content (AvgIpc) is 2.77. The van der Waals surface area contributed by atoms with Gasteiger partial charge in [-0.05, 0) is 33.4 Å². The van der Waals surface area contributed by atoms with Crippen LogP contribution in [0.3, 0.4) is 0 Å². The molecule has 0 aliphatic carbocycles. The second-order valence-corrected chi connectivity index (χ2v) is 4.73. The smallest absolute Gasteiger partial charge is 0.0767 e. The molecule has 74 valence electrons. The molecule has 0 saturated carbocycles. The quantitative estimate of drug-likeness (QED) is 0.931. The third-order valence-corrected chi connectivity index (χ3v) is 3.91. The lowest BCUT2D eigenvalue weighted by molar-refractivity contribution is 0.651. The van der Waals surface area contributed by atoms with Crippen molar-refractivity contribution in [3.63, 3.8) is 0 Å². The Balaban J connectivity index is 2.22. The summed E-state index contributed by atoms with van der Waals surface area (Å²) in [6.45, 7) is 1.32. The van der Waals surface area contributed by atoms with E-state index in [-0.39, 0.29) is 0 Å². The van der Waals surface area contributed by atoms with Crippen molar-refractivity contribution in [2.75, 3.05) is 0 Å². The van der Waals surface area contributed by atoms with Gasteiger partial charge in [0.15, 0.2) is 0 Å². The minimum absolute atomic E-state index is 0.531. The molecule has 0 spiro atoms. The van der Waals surface area contributed by atoms with Gasteiger partial charge in [-0.2, -0.15) is 5.10 Å². The zero-order valence-electron chi connectivity index (χ0n) is 7.48. The van der Waals surface area contributed by atoms with Gasteiger partial charge in [-0.15, -0.1) is 11.3 Å². The lowest BCUT2D eigenvalue weighted by Gasteiger charge is -2.04. The largest absolute Gasteiger partial charge is 0.325 e. The monoisotopic (exact) mass is 271 g/mol. The van der Waals surface area contributed by atoms with E-state index in [1.807, 2.05) is 16.8 Å². The lowest BCUT2D eigenvalue weighted by atomic mass is 10.4. The van der Waals surface area contributed by atoms with Crippen LogP contribution in [0.15, 0.2) is 28.2 Å². The van der Waals surface area contributed by atoms with E-state index >= 15 is 0 Å². The molecule has 0 bridgehead atoms. The highest BCUT2D eigenvalue weighted by Gasteiger charge is 2.05. The minimum Gasteiger partial charge on any atom is -0.325 e. The van der Waals surface area contributed by atoms with Crippen LogP contribution in [-0.4, -0.2) is 9.78 Å². The molecule has 2 aromatic heterocycles. The van der Waals surface area contributed by atoms with Gasteiger partial charge in [0.1, 0.15) is 0 Å². The van der Waals surface area contributed by atoms with Gasteiger partial charge in [0, 0.05) is 22.1 Å². The molecule has 2 heterocycles. The average molecular weight is 272 g/mol. The van der Waals surface area contributed by atoms with Crippen molar-refractivity contribution in [2.24, 2.45) is 5.73 Å². The zero-order valence-corrected chi connectivity index (χ0v) is 9.88. The molecular formula is C9H10BrN3S. The number of aromatic nitrogens is 2. The summed E-state index contributed by atoms with van der Waals surface area (Å²) in [4.78, 5) is 1.27. The number of thiophene rings is 1. The summed E-state index contributed by atoms with van der Waals surface area (Å²) in [5, 5.41) is 6.29. The third-order valence-electron chi connectivity index (χ3n) is 2.00. The molecule has 0 aliphatic rings. The van der Waals surface area contributed by atoms with Gasteiger partial charge >= 0.3 is 0 Å². The van der Waals surface area contributed by atoms with Crippen LogP contribution in [0, 0.1) is 0 Å². The van der Waals surface area contributed by atoms with E-state index in [1.165, 1.54) is 4.88 Å². The molecule has 2 aromatic rings. The molecule has 0 fully saturated rings. The Morgan fingerprint density at radius 3 is 3.00 bits per heavy atom. The lowest BCUT2D eigenvalue weighted by Crippen LogP contribution is -2.09. The molecule has 5 heteroatoms. The first-order chi connectivity index (χ1) is 6.81. The molecule has 2 rings (SSSR count). The minimum atomic E-state index is 0.531. The molecule has 0 radical (unpaired) electrons. The van der Waals surface area contributed by atoms with Crippen LogP contribution in [0.2, 0.25) is 0 Å². The number of hydrogen-bond donors (Lipinski definition) is 1. The first-order valence-electron chi connectivity index (χ1n) is 4.24. The Morgan fingerprint density at radius 1 is 1.50 bits per heavy atom. The van der Waals surface area contributed by atoms with E-state index in [9.17, 15) is 0 Å². The summed E-state index contributed by atoms with van der Waals surface area (Å²) in [6, 6.07) is 3.99. The number of rotatable bonds is 3. The third kappa shape index (κ3) is 1.89. The molecule has 14 heavy (non-hydrogen) atoms. The predicted octanol–water partition coefficient (Wildman–Crippen LogP) is 2.21. The van der Waals surface area contributed by atoms with Crippen LogP contribution >= 0.6 is 27.3 Å². The van der Waals surface area contributed by atoms with Gasteiger partial charge in [0.2, 0.25) is 0 Å². The second kappa shape index (κ2) is 4.25. The van der Waals surface area contributed by atoms with Crippen molar-refractivity contribution in [3.8, 4) is 0 Å². The summed E-state index contributed by atoms with van der Waals surface area (Å²) in [6.07, 6.45) is 1.78. The van der Waals surface area contributed by atoms with Crippen molar-refractivity contribution in [1.82, 2.24) is 9.78 Å². The maximum Gasteiger partial charge on any atom is 0.0767 e. The molecule has 3 nitrogen and oxygen atoms in total. The summed E-state index contributed by atoms with van der Waals surface area (Å²) < 4.78 is 3.07. The highest BCUT2D eigenvalue weighted by molar-refractivity contribution is 9.10. The van der Waals surface area contributed by atoms with Crippen molar-refractivity contribution >= 4 is 27.3 Å². The van der Waals surface area contributed by atoms with Gasteiger partial charge in [-0.3, -0.25) is 4.68 Å². The summed E-state index contributed by atoms with van der Waals surface area (Å²) in [5.41, 5.74) is 6.65. The van der Waals surface area contributed by atoms with Crippen molar-refractivity contribution < 1.29 is 0 Å². The number of nitrogens with zero attached hydrogens (tertiary/aromatic N) is 2. The molecule has 0 atom stereocenters. The zero-order chi connectivity index (χ0) is 9.97.